The zero-order chi connectivity index (χ0) is 15.4. The molecule has 0 aliphatic rings. The van der Waals surface area contributed by atoms with Crippen molar-refractivity contribution < 1.29 is 14.7 Å². The van der Waals surface area contributed by atoms with E-state index in [1.54, 1.807) is 4.90 Å². The fourth-order valence-electron chi connectivity index (χ4n) is 2.29. The van der Waals surface area contributed by atoms with E-state index in [0.29, 0.717) is 0 Å². The molecule has 0 radical (unpaired) electrons. The van der Waals surface area contributed by atoms with Crippen LogP contribution in [0.4, 0.5) is 0 Å². The normalized spacial score (nSPS) is 11.0. The first kappa shape index (κ1) is 15.0. The van der Waals surface area contributed by atoms with Crippen LogP contribution in [0.3, 0.4) is 0 Å². The average molecular weight is 289 g/mol. The molecule has 0 aliphatic carbocycles. The molecule has 1 aromatic heterocycles. The Balaban J connectivity index is 2.12. The van der Waals surface area contributed by atoms with Crippen LogP contribution in [0.5, 0.6) is 0 Å². The van der Waals surface area contributed by atoms with Crippen LogP contribution in [-0.4, -0.2) is 44.7 Å². The summed E-state index contributed by atoms with van der Waals surface area (Å²) >= 11 is 0. The van der Waals surface area contributed by atoms with Gasteiger partial charge in [0.05, 0.1) is 24.1 Å². The molecule has 0 atom stereocenters. The first-order valence-corrected chi connectivity index (χ1v) is 6.92. The van der Waals surface area contributed by atoms with Gasteiger partial charge in [0.15, 0.2) is 0 Å². The van der Waals surface area contributed by atoms with Gasteiger partial charge >= 0.3 is 5.97 Å². The van der Waals surface area contributed by atoms with Gasteiger partial charge in [-0.25, -0.2) is 0 Å². The number of hydrogen-bond acceptors (Lipinski definition) is 3. The van der Waals surface area contributed by atoms with Crippen LogP contribution in [0, 0.1) is 0 Å². The van der Waals surface area contributed by atoms with Crippen molar-refractivity contribution in [3.05, 3.63) is 30.0 Å². The van der Waals surface area contributed by atoms with Crippen LogP contribution in [0.2, 0.25) is 0 Å². The van der Waals surface area contributed by atoms with Crippen molar-refractivity contribution >= 4 is 22.8 Å². The summed E-state index contributed by atoms with van der Waals surface area (Å²) < 4.78 is 0. The van der Waals surface area contributed by atoms with Crippen molar-refractivity contribution in [2.24, 2.45) is 0 Å². The minimum absolute atomic E-state index is 0.0361. The Bertz CT molecular complexity index is 648. The van der Waals surface area contributed by atoms with Crippen molar-refractivity contribution in [1.82, 2.24) is 15.1 Å². The first-order valence-electron chi connectivity index (χ1n) is 6.92. The number of aromatic amines is 1. The molecule has 6 heteroatoms. The van der Waals surface area contributed by atoms with Crippen LogP contribution in [0.1, 0.15) is 26.0 Å². The van der Waals surface area contributed by atoms with E-state index in [-0.39, 0.29) is 31.3 Å². The molecular formula is C15H19N3O3. The van der Waals surface area contributed by atoms with Crippen molar-refractivity contribution in [2.45, 2.75) is 32.7 Å². The highest BCUT2D eigenvalue weighted by Crippen LogP contribution is 2.16. The summed E-state index contributed by atoms with van der Waals surface area (Å²) in [5, 5.41) is 16.7. The number of carbonyl (C=O) groups excluding carboxylic acids is 1. The van der Waals surface area contributed by atoms with Gasteiger partial charge in [-0.3, -0.25) is 14.7 Å². The van der Waals surface area contributed by atoms with Gasteiger partial charge in [-0.15, -0.1) is 0 Å². The number of amides is 1. The minimum atomic E-state index is -0.902. The highest BCUT2D eigenvalue weighted by atomic mass is 16.4. The van der Waals surface area contributed by atoms with Crippen LogP contribution < -0.4 is 0 Å². The van der Waals surface area contributed by atoms with Crippen molar-refractivity contribution in [3.8, 4) is 0 Å². The van der Waals surface area contributed by atoms with E-state index in [2.05, 4.69) is 10.2 Å². The summed E-state index contributed by atoms with van der Waals surface area (Å²) in [5.74, 6) is -0.999. The Kier molecular flexibility index (Phi) is 4.57. The average Bonchev–Trinajstić information content (AvgIpc) is 2.82. The molecule has 6 nitrogen and oxygen atoms in total. The third-order valence-electron chi connectivity index (χ3n) is 3.38. The third-order valence-corrected chi connectivity index (χ3v) is 3.38. The first-order chi connectivity index (χ1) is 9.99. The molecule has 21 heavy (non-hydrogen) atoms. The molecule has 0 saturated carbocycles. The fourth-order valence-corrected chi connectivity index (χ4v) is 2.29. The van der Waals surface area contributed by atoms with Crippen molar-refractivity contribution in [2.75, 3.05) is 6.54 Å². The maximum atomic E-state index is 12.4. The van der Waals surface area contributed by atoms with Gasteiger partial charge in [0.25, 0.3) is 0 Å². The number of nitrogens with one attached hydrogen (secondary N) is 1. The maximum absolute atomic E-state index is 12.4. The highest BCUT2D eigenvalue weighted by Gasteiger charge is 2.19. The van der Waals surface area contributed by atoms with Gasteiger partial charge in [-0.05, 0) is 19.9 Å². The van der Waals surface area contributed by atoms with Crippen molar-refractivity contribution in [1.29, 1.82) is 0 Å². The number of rotatable bonds is 6. The number of hydrogen-bond donors (Lipinski definition) is 2. The lowest BCUT2D eigenvalue weighted by Crippen LogP contribution is -2.39. The van der Waals surface area contributed by atoms with Crippen molar-refractivity contribution in [3.63, 3.8) is 0 Å². The lowest BCUT2D eigenvalue weighted by Gasteiger charge is -2.26. The van der Waals surface area contributed by atoms with Gasteiger partial charge < -0.3 is 10.0 Å². The molecule has 2 N–H and O–H groups in total. The topological polar surface area (TPSA) is 86.3 Å². The Labute approximate surface area is 122 Å². The summed E-state index contributed by atoms with van der Waals surface area (Å²) in [6, 6.07) is 7.55. The van der Waals surface area contributed by atoms with E-state index in [1.807, 2.05) is 38.1 Å². The number of carbonyl (C=O) groups is 2. The Hall–Kier alpha value is -2.37. The van der Waals surface area contributed by atoms with Crippen LogP contribution in [-0.2, 0) is 16.0 Å². The zero-order valence-electron chi connectivity index (χ0n) is 12.2. The Morgan fingerprint density at radius 3 is 2.71 bits per heavy atom. The zero-order valence-corrected chi connectivity index (χ0v) is 12.2. The van der Waals surface area contributed by atoms with Crippen LogP contribution >= 0.6 is 0 Å². The highest BCUT2D eigenvalue weighted by molar-refractivity contribution is 5.87. The molecule has 1 heterocycles. The molecule has 0 unspecified atom stereocenters. The van der Waals surface area contributed by atoms with E-state index in [9.17, 15) is 9.59 Å². The number of nitrogens with zero attached hydrogens (tertiary/aromatic N) is 2. The van der Waals surface area contributed by atoms with E-state index >= 15 is 0 Å². The second-order valence-electron chi connectivity index (χ2n) is 5.22. The number of carboxylic acids is 1. The lowest BCUT2D eigenvalue weighted by molar-refractivity contribution is -0.139. The van der Waals surface area contributed by atoms with Gasteiger partial charge in [-0.2, -0.15) is 5.10 Å². The summed E-state index contributed by atoms with van der Waals surface area (Å²) in [4.78, 5) is 24.7. The Morgan fingerprint density at radius 2 is 2.05 bits per heavy atom. The minimum Gasteiger partial charge on any atom is -0.481 e. The lowest BCUT2D eigenvalue weighted by atomic mass is 10.1. The molecule has 0 spiro atoms. The third kappa shape index (κ3) is 3.59. The number of fused-ring (bicyclic) bond motifs is 1. The summed E-state index contributed by atoms with van der Waals surface area (Å²) in [6.45, 7) is 3.98. The van der Waals surface area contributed by atoms with Crippen LogP contribution in [0.15, 0.2) is 24.3 Å². The standard InChI is InChI=1S/C15H19N3O3/c1-10(2)18(8-7-15(20)21)14(19)9-13-11-5-3-4-6-12(11)16-17-13/h3-6,10H,7-9H2,1-2H3,(H,16,17)(H,20,21). The number of benzene rings is 1. The number of H-pyrrole nitrogens is 1. The predicted molar refractivity (Wildman–Crippen MR) is 78.9 cm³/mol. The Morgan fingerprint density at radius 1 is 1.33 bits per heavy atom. The summed E-state index contributed by atoms with van der Waals surface area (Å²) in [6.07, 6.45) is 0.145. The SMILES string of the molecule is CC(C)N(CCC(=O)O)C(=O)Cc1[nH]nc2ccccc12. The number of aromatic nitrogens is 2. The number of para-hydroxylation sites is 1. The summed E-state index contributed by atoms with van der Waals surface area (Å²) in [5.41, 5.74) is 1.58. The molecule has 112 valence electrons. The predicted octanol–water partition coefficient (Wildman–Crippen LogP) is 1.82. The van der Waals surface area contributed by atoms with E-state index < -0.39 is 5.97 Å². The molecule has 2 rings (SSSR count). The van der Waals surface area contributed by atoms with Gasteiger partial charge in [0, 0.05) is 18.0 Å². The second kappa shape index (κ2) is 6.39. The van der Waals surface area contributed by atoms with E-state index in [4.69, 9.17) is 5.11 Å². The summed E-state index contributed by atoms with van der Waals surface area (Å²) in [7, 11) is 0. The smallest absolute Gasteiger partial charge is 0.305 e. The van der Waals surface area contributed by atoms with E-state index in [1.165, 1.54) is 0 Å². The van der Waals surface area contributed by atoms with Gasteiger partial charge in [0.1, 0.15) is 0 Å². The molecule has 0 saturated heterocycles. The van der Waals surface area contributed by atoms with Crippen LogP contribution in [0.25, 0.3) is 10.9 Å². The maximum Gasteiger partial charge on any atom is 0.305 e. The molecule has 2 aromatic rings. The van der Waals surface area contributed by atoms with Gasteiger partial charge in [-0.1, -0.05) is 18.2 Å². The molecule has 1 aromatic carbocycles. The molecular weight excluding hydrogens is 270 g/mol. The molecule has 1 amide bonds. The monoisotopic (exact) mass is 289 g/mol. The largest absolute Gasteiger partial charge is 0.481 e. The fraction of sp³-hybridized carbons (Fsp3) is 0.400. The van der Waals surface area contributed by atoms with E-state index in [0.717, 1.165) is 16.6 Å². The molecule has 0 bridgehead atoms. The number of aliphatic carboxylic acids is 1. The molecule has 0 aliphatic heterocycles. The number of carboxylic acid groups (broad SMARTS) is 1. The molecule has 0 fully saturated rings. The quantitative estimate of drug-likeness (QED) is 0.849. The second-order valence-corrected chi connectivity index (χ2v) is 5.22. The van der Waals surface area contributed by atoms with Gasteiger partial charge in [0.2, 0.25) is 5.91 Å².